The Hall–Kier alpha value is -1.30. The second kappa shape index (κ2) is 4.69. The van der Waals surface area contributed by atoms with Crippen LogP contribution < -0.4 is 5.84 Å². The van der Waals surface area contributed by atoms with Crippen molar-refractivity contribution in [3.8, 4) is 0 Å². The first-order valence-electron chi connectivity index (χ1n) is 5.63. The summed E-state index contributed by atoms with van der Waals surface area (Å²) in [6.07, 6.45) is 3.48. The van der Waals surface area contributed by atoms with Crippen molar-refractivity contribution < 1.29 is 9.53 Å². The highest BCUT2D eigenvalue weighted by Crippen LogP contribution is 2.26. The van der Waals surface area contributed by atoms with Crippen LogP contribution in [0.15, 0.2) is 5.10 Å². The maximum absolute atomic E-state index is 11.1. The van der Waals surface area contributed by atoms with Crippen molar-refractivity contribution in [3.05, 3.63) is 0 Å². The fraction of sp³-hybridized carbons (Fsp3) is 0.800. The number of hydrogen-bond acceptors (Lipinski definition) is 6. The first kappa shape index (κ1) is 11.2. The summed E-state index contributed by atoms with van der Waals surface area (Å²) in [6.45, 7) is 1.69. The lowest BCUT2D eigenvalue weighted by Crippen LogP contribution is -2.40. The number of hydrazone groups is 1. The summed E-state index contributed by atoms with van der Waals surface area (Å²) in [5.41, 5.74) is 0. The molecule has 0 aromatic carbocycles. The van der Waals surface area contributed by atoms with E-state index in [1.165, 1.54) is 12.2 Å². The molecule has 1 saturated heterocycles. The number of methoxy groups -OCH3 is 1. The molecule has 2 heterocycles. The predicted octanol–water partition coefficient (Wildman–Crippen LogP) is 0.112. The van der Waals surface area contributed by atoms with E-state index >= 15 is 0 Å². The maximum Gasteiger partial charge on any atom is 0.305 e. The molecule has 0 spiro atoms. The third kappa shape index (κ3) is 2.27. The number of hydrazine groups is 1. The normalized spacial score (nSPS) is 24.1. The summed E-state index contributed by atoms with van der Waals surface area (Å²) in [6, 6.07) is 0. The Morgan fingerprint density at radius 3 is 3.25 bits per heavy atom. The second-order valence-corrected chi connectivity index (χ2v) is 4.26. The molecule has 0 aromatic heterocycles. The van der Waals surface area contributed by atoms with Crippen molar-refractivity contribution in [1.82, 2.24) is 10.0 Å². The standard InChI is InChI=1S/C10H18N4O2/c1-16-9(15)5-4-8-3-2-6-13-7-14(11)12-10(8)13/h8H,2-7,11H2,1H3. The zero-order valence-electron chi connectivity index (χ0n) is 9.56. The quantitative estimate of drug-likeness (QED) is 0.546. The van der Waals surface area contributed by atoms with Gasteiger partial charge in [-0.1, -0.05) is 0 Å². The fourth-order valence-electron chi connectivity index (χ4n) is 2.32. The van der Waals surface area contributed by atoms with Crippen LogP contribution in [0, 0.1) is 5.92 Å². The van der Waals surface area contributed by atoms with Gasteiger partial charge in [0.2, 0.25) is 0 Å². The van der Waals surface area contributed by atoms with Gasteiger partial charge in [-0.25, -0.2) is 11.0 Å². The number of hydrogen-bond donors (Lipinski definition) is 1. The summed E-state index contributed by atoms with van der Waals surface area (Å²) in [5, 5.41) is 5.76. The van der Waals surface area contributed by atoms with Crippen LogP contribution in [0.3, 0.4) is 0 Å². The summed E-state index contributed by atoms with van der Waals surface area (Å²) in [5.74, 6) is 6.89. The highest BCUT2D eigenvalue weighted by atomic mass is 16.5. The number of esters is 1. The van der Waals surface area contributed by atoms with Gasteiger partial charge in [0.15, 0.2) is 0 Å². The molecule has 0 radical (unpaired) electrons. The summed E-state index contributed by atoms with van der Waals surface area (Å²) < 4.78 is 4.65. The average molecular weight is 226 g/mol. The maximum atomic E-state index is 11.1. The van der Waals surface area contributed by atoms with Crippen molar-refractivity contribution in [2.75, 3.05) is 20.3 Å². The number of nitrogens with two attached hydrogens (primary N) is 1. The van der Waals surface area contributed by atoms with Gasteiger partial charge in [-0.05, 0) is 19.3 Å². The topological polar surface area (TPSA) is 71.2 Å². The van der Waals surface area contributed by atoms with Crippen LogP contribution in [0.1, 0.15) is 25.7 Å². The average Bonchev–Trinajstić information content (AvgIpc) is 2.66. The van der Waals surface area contributed by atoms with E-state index in [9.17, 15) is 4.79 Å². The van der Waals surface area contributed by atoms with E-state index in [0.717, 1.165) is 31.6 Å². The number of amidine groups is 1. The smallest absolute Gasteiger partial charge is 0.305 e. The molecule has 0 aliphatic carbocycles. The van der Waals surface area contributed by atoms with Crippen molar-refractivity contribution in [2.24, 2.45) is 16.9 Å². The Kier molecular flexibility index (Phi) is 3.28. The number of nitrogens with zero attached hydrogens (tertiary/aromatic N) is 3. The lowest BCUT2D eigenvalue weighted by atomic mass is 9.92. The number of fused-ring (bicyclic) bond motifs is 1. The van der Waals surface area contributed by atoms with Crippen molar-refractivity contribution >= 4 is 11.8 Å². The van der Waals surface area contributed by atoms with Crippen molar-refractivity contribution in [3.63, 3.8) is 0 Å². The SMILES string of the molecule is COC(=O)CCC1CCCN2CN(N)N=C12. The number of rotatable bonds is 3. The highest BCUT2D eigenvalue weighted by molar-refractivity contribution is 5.86. The molecule has 0 amide bonds. The predicted molar refractivity (Wildman–Crippen MR) is 59.0 cm³/mol. The molecule has 16 heavy (non-hydrogen) atoms. The van der Waals surface area contributed by atoms with E-state index in [2.05, 4.69) is 14.7 Å². The van der Waals surface area contributed by atoms with Crippen LogP contribution in [-0.4, -0.2) is 42.1 Å². The molecule has 6 nitrogen and oxygen atoms in total. The molecule has 1 atom stereocenters. The van der Waals surface area contributed by atoms with E-state index in [4.69, 9.17) is 5.84 Å². The third-order valence-corrected chi connectivity index (χ3v) is 3.14. The Bertz CT molecular complexity index is 305. The van der Waals surface area contributed by atoms with E-state index in [-0.39, 0.29) is 5.97 Å². The molecule has 0 saturated carbocycles. The van der Waals surface area contributed by atoms with Crippen LogP contribution >= 0.6 is 0 Å². The molecule has 0 aromatic rings. The summed E-state index contributed by atoms with van der Waals surface area (Å²) in [4.78, 5) is 13.3. The number of carbonyl (C=O) groups is 1. The molecule has 0 bridgehead atoms. The van der Waals surface area contributed by atoms with Gasteiger partial charge in [0.25, 0.3) is 0 Å². The molecule has 2 N–H and O–H groups in total. The van der Waals surface area contributed by atoms with Gasteiger partial charge in [-0.15, -0.1) is 5.10 Å². The lowest BCUT2D eigenvalue weighted by molar-refractivity contribution is -0.140. The van der Waals surface area contributed by atoms with Crippen LogP contribution in [0.2, 0.25) is 0 Å². The first-order chi connectivity index (χ1) is 7.70. The third-order valence-electron chi connectivity index (χ3n) is 3.14. The zero-order chi connectivity index (χ0) is 11.5. The van der Waals surface area contributed by atoms with Crippen LogP contribution in [-0.2, 0) is 9.53 Å². The monoisotopic (exact) mass is 226 g/mol. The minimum Gasteiger partial charge on any atom is -0.469 e. The molecule has 1 unspecified atom stereocenters. The molecule has 2 aliphatic rings. The summed E-state index contributed by atoms with van der Waals surface area (Å²) in [7, 11) is 1.42. The Labute approximate surface area is 95.0 Å². The van der Waals surface area contributed by atoms with E-state index in [1.807, 2.05) is 0 Å². The van der Waals surface area contributed by atoms with Gasteiger partial charge in [0.05, 0.1) is 7.11 Å². The Balaban J connectivity index is 1.93. The number of ether oxygens (including phenoxy) is 1. The minimum atomic E-state index is -0.152. The number of piperidine rings is 1. The van der Waals surface area contributed by atoms with Gasteiger partial charge in [0, 0.05) is 18.9 Å². The lowest BCUT2D eigenvalue weighted by Gasteiger charge is -2.30. The second-order valence-electron chi connectivity index (χ2n) is 4.26. The van der Waals surface area contributed by atoms with Gasteiger partial charge < -0.3 is 9.64 Å². The van der Waals surface area contributed by atoms with E-state index in [0.29, 0.717) is 19.0 Å². The molecular formula is C10H18N4O2. The van der Waals surface area contributed by atoms with Crippen molar-refractivity contribution in [1.29, 1.82) is 0 Å². The molecule has 90 valence electrons. The Morgan fingerprint density at radius 1 is 1.69 bits per heavy atom. The molecular weight excluding hydrogens is 208 g/mol. The van der Waals surface area contributed by atoms with Crippen LogP contribution in [0.4, 0.5) is 0 Å². The summed E-state index contributed by atoms with van der Waals surface area (Å²) >= 11 is 0. The largest absolute Gasteiger partial charge is 0.469 e. The van der Waals surface area contributed by atoms with E-state index in [1.54, 1.807) is 0 Å². The van der Waals surface area contributed by atoms with Gasteiger partial charge in [-0.3, -0.25) is 4.79 Å². The van der Waals surface area contributed by atoms with Gasteiger partial charge >= 0.3 is 5.97 Å². The molecule has 2 rings (SSSR count). The van der Waals surface area contributed by atoms with Crippen molar-refractivity contribution in [2.45, 2.75) is 25.7 Å². The zero-order valence-corrected chi connectivity index (χ0v) is 9.56. The van der Waals surface area contributed by atoms with Gasteiger partial charge in [-0.2, -0.15) is 0 Å². The van der Waals surface area contributed by atoms with Crippen LogP contribution in [0.25, 0.3) is 0 Å². The minimum absolute atomic E-state index is 0.152. The van der Waals surface area contributed by atoms with Crippen LogP contribution in [0.5, 0.6) is 0 Å². The molecule has 1 fully saturated rings. The molecule has 2 aliphatic heterocycles. The fourth-order valence-corrected chi connectivity index (χ4v) is 2.32. The molecule has 6 heteroatoms. The highest BCUT2D eigenvalue weighted by Gasteiger charge is 2.31. The number of carbonyl (C=O) groups excluding carboxylic acids is 1. The first-order valence-corrected chi connectivity index (χ1v) is 5.63. The van der Waals surface area contributed by atoms with E-state index < -0.39 is 0 Å². The Morgan fingerprint density at radius 2 is 2.50 bits per heavy atom. The van der Waals surface area contributed by atoms with Gasteiger partial charge in [0.1, 0.15) is 12.5 Å².